The number of carbonyl (C=O) groups is 1. The highest BCUT2D eigenvalue weighted by Gasteiger charge is 2.26. The van der Waals surface area contributed by atoms with Crippen molar-refractivity contribution < 1.29 is 9.90 Å². The summed E-state index contributed by atoms with van der Waals surface area (Å²) in [7, 11) is 0. The Morgan fingerprint density at radius 3 is 3.11 bits per heavy atom. The predicted octanol–water partition coefficient (Wildman–Crippen LogP) is 1.27. The van der Waals surface area contributed by atoms with Crippen molar-refractivity contribution in [3.8, 4) is 0 Å². The van der Waals surface area contributed by atoms with E-state index in [-0.39, 0.29) is 18.6 Å². The van der Waals surface area contributed by atoms with Gasteiger partial charge in [-0.15, -0.1) is 0 Å². The zero-order valence-corrected chi connectivity index (χ0v) is 10.2. The lowest BCUT2D eigenvalue weighted by Crippen LogP contribution is -2.36. The van der Waals surface area contributed by atoms with E-state index < -0.39 is 0 Å². The van der Waals surface area contributed by atoms with Gasteiger partial charge in [0.15, 0.2) is 0 Å². The number of likely N-dealkylation sites (tertiary alicyclic amines) is 1. The van der Waals surface area contributed by atoms with Crippen LogP contribution in [-0.2, 0) is 4.79 Å². The number of aliphatic hydroxyl groups excluding tert-OH is 1. The Kier molecular flexibility index (Phi) is 3.99. The lowest BCUT2D eigenvalue weighted by Gasteiger charge is -2.21. The van der Waals surface area contributed by atoms with Crippen molar-refractivity contribution in [2.75, 3.05) is 18.9 Å². The first-order valence-electron chi connectivity index (χ1n) is 6.16. The second-order valence-electron chi connectivity index (χ2n) is 4.51. The van der Waals surface area contributed by atoms with Gasteiger partial charge in [0.05, 0.1) is 12.6 Å². The lowest BCUT2D eigenvalue weighted by atomic mass is 10.2. The Morgan fingerprint density at radius 1 is 1.56 bits per heavy atom. The highest BCUT2D eigenvalue weighted by molar-refractivity contribution is 5.92. The van der Waals surface area contributed by atoms with E-state index in [1.54, 1.807) is 23.1 Å². The highest BCUT2D eigenvalue weighted by atomic mass is 16.3. The standard InChI is InChI=1S/C14H18N2O2/c15-12-4-1-3-11(9-12)6-7-14(18)16-8-2-5-13(16)10-17/h1,3-4,6-7,9,13,17H,2,5,8,10,15H2/b7-6+/t13-/m1/s1. The maximum atomic E-state index is 12.0. The summed E-state index contributed by atoms with van der Waals surface area (Å²) in [5.74, 6) is -0.0472. The molecular formula is C14H18N2O2. The molecule has 0 radical (unpaired) electrons. The zero-order valence-electron chi connectivity index (χ0n) is 10.2. The zero-order chi connectivity index (χ0) is 13.0. The van der Waals surface area contributed by atoms with E-state index in [4.69, 9.17) is 5.73 Å². The quantitative estimate of drug-likeness (QED) is 0.623. The first-order valence-corrected chi connectivity index (χ1v) is 6.16. The van der Waals surface area contributed by atoms with E-state index in [2.05, 4.69) is 0 Å². The summed E-state index contributed by atoms with van der Waals surface area (Å²) in [6.07, 6.45) is 5.14. The van der Waals surface area contributed by atoms with Crippen molar-refractivity contribution in [2.24, 2.45) is 0 Å². The third kappa shape index (κ3) is 2.90. The first-order chi connectivity index (χ1) is 8.70. The molecule has 1 aromatic rings. The third-order valence-corrected chi connectivity index (χ3v) is 3.20. The van der Waals surface area contributed by atoms with Crippen LogP contribution in [0.2, 0.25) is 0 Å². The number of carbonyl (C=O) groups excluding carboxylic acids is 1. The van der Waals surface area contributed by atoms with Crippen molar-refractivity contribution in [2.45, 2.75) is 18.9 Å². The molecular weight excluding hydrogens is 228 g/mol. The summed E-state index contributed by atoms with van der Waals surface area (Å²) in [6.45, 7) is 0.767. The van der Waals surface area contributed by atoms with E-state index in [1.165, 1.54) is 0 Å². The topological polar surface area (TPSA) is 66.6 Å². The molecule has 1 heterocycles. The van der Waals surface area contributed by atoms with Gasteiger partial charge >= 0.3 is 0 Å². The van der Waals surface area contributed by atoms with Gasteiger partial charge in [-0.3, -0.25) is 4.79 Å². The Bertz CT molecular complexity index is 457. The maximum absolute atomic E-state index is 12.0. The molecule has 1 amide bonds. The molecule has 0 aromatic heterocycles. The van der Waals surface area contributed by atoms with E-state index in [0.29, 0.717) is 5.69 Å². The monoisotopic (exact) mass is 246 g/mol. The summed E-state index contributed by atoms with van der Waals surface area (Å²) >= 11 is 0. The Balaban J connectivity index is 2.02. The van der Waals surface area contributed by atoms with Crippen LogP contribution < -0.4 is 5.73 Å². The van der Waals surface area contributed by atoms with Gasteiger partial charge in [0, 0.05) is 18.3 Å². The number of nitrogens with two attached hydrogens (primary N) is 1. The van der Waals surface area contributed by atoms with Gasteiger partial charge < -0.3 is 15.7 Å². The van der Waals surface area contributed by atoms with Crippen molar-refractivity contribution in [3.63, 3.8) is 0 Å². The molecule has 1 aliphatic heterocycles. The smallest absolute Gasteiger partial charge is 0.246 e. The largest absolute Gasteiger partial charge is 0.399 e. The van der Waals surface area contributed by atoms with Crippen LogP contribution in [0, 0.1) is 0 Å². The van der Waals surface area contributed by atoms with Gasteiger partial charge in [-0.1, -0.05) is 12.1 Å². The number of hydrogen-bond donors (Lipinski definition) is 2. The summed E-state index contributed by atoms with van der Waals surface area (Å²) in [5.41, 5.74) is 7.25. The molecule has 0 aliphatic carbocycles. The average Bonchev–Trinajstić information content (AvgIpc) is 2.84. The number of amides is 1. The number of nitrogens with zero attached hydrogens (tertiary/aromatic N) is 1. The molecule has 1 atom stereocenters. The van der Waals surface area contributed by atoms with Gasteiger partial charge in [0.1, 0.15) is 0 Å². The Hall–Kier alpha value is -1.81. The van der Waals surface area contributed by atoms with Crippen molar-refractivity contribution in [3.05, 3.63) is 35.9 Å². The molecule has 0 unspecified atom stereocenters. The van der Waals surface area contributed by atoms with Crippen LogP contribution in [0.25, 0.3) is 6.08 Å². The molecule has 96 valence electrons. The summed E-state index contributed by atoms with van der Waals surface area (Å²) < 4.78 is 0. The van der Waals surface area contributed by atoms with Crippen LogP contribution >= 0.6 is 0 Å². The van der Waals surface area contributed by atoms with E-state index >= 15 is 0 Å². The van der Waals surface area contributed by atoms with Gasteiger partial charge in [-0.25, -0.2) is 0 Å². The van der Waals surface area contributed by atoms with E-state index in [0.717, 1.165) is 24.9 Å². The third-order valence-electron chi connectivity index (χ3n) is 3.20. The summed E-state index contributed by atoms with van der Waals surface area (Å²) in [5, 5.41) is 9.17. The molecule has 18 heavy (non-hydrogen) atoms. The second-order valence-corrected chi connectivity index (χ2v) is 4.51. The van der Waals surface area contributed by atoms with Crippen LogP contribution in [0.1, 0.15) is 18.4 Å². The molecule has 1 aromatic carbocycles. The van der Waals surface area contributed by atoms with Crippen molar-refractivity contribution in [1.82, 2.24) is 4.90 Å². The van der Waals surface area contributed by atoms with E-state index in [9.17, 15) is 9.90 Å². The van der Waals surface area contributed by atoms with Crippen LogP contribution in [-0.4, -0.2) is 35.1 Å². The Morgan fingerprint density at radius 2 is 2.39 bits per heavy atom. The lowest BCUT2D eigenvalue weighted by molar-refractivity contribution is -0.127. The molecule has 0 saturated carbocycles. The van der Waals surface area contributed by atoms with Gasteiger partial charge in [0.2, 0.25) is 5.91 Å². The van der Waals surface area contributed by atoms with Gasteiger partial charge in [-0.2, -0.15) is 0 Å². The molecule has 1 fully saturated rings. The first kappa shape index (κ1) is 12.6. The maximum Gasteiger partial charge on any atom is 0.246 e. The average molecular weight is 246 g/mol. The molecule has 1 aliphatic rings. The fourth-order valence-corrected chi connectivity index (χ4v) is 2.24. The minimum absolute atomic E-state index is 0.0250. The molecule has 3 N–H and O–H groups in total. The van der Waals surface area contributed by atoms with Gasteiger partial charge in [-0.05, 0) is 36.6 Å². The second kappa shape index (κ2) is 5.69. The fourth-order valence-electron chi connectivity index (χ4n) is 2.24. The number of aliphatic hydroxyl groups is 1. The molecule has 2 rings (SSSR count). The molecule has 4 heteroatoms. The molecule has 0 bridgehead atoms. The molecule has 0 spiro atoms. The summed E-state index contributed by atoms with van der Waals surface area (Å²) in [6, 6.07) is 7.35. The predicted molar refractivity (Wildman–Crippen MR) is 71.7 cm³/mol. The minimum Gasteiger partial charge on any atom is -0.399 e. The number of rotatable bonds is 3. The summed E-state index contributed by atoms with van der Waals surface area (Å²) in [4.78, 5) is 13.7. The van der Waals surface area contributed by atoms with Crippen LogP contribution in [0.3, 0.4) is 0 Å². The number of nitrogen functional groups attached to an aromatic ring is 1. The molecule has 4 nitrogen and oxygen atoms in total. The normalized spacial score (nSPS) is 19.6. The number of benzene rings is 1. The highest BCUT2D eigenvalue weighted by Crippen LogP contribution is 2.17. The fraction of sp³-hybridized carbons (Fsp3) is 0.357. The van der Waals surface area contributed by atoms with Crippen LogP contribution in [0.5, 0.6) is 0 Å². The van der Waals surface area contributed by atoms with Gasteiger partial charge in [0.25, 0.3) is 0 Å². The number of hydrogen-bond acceptors (Lipinski definition) is 3. The van der Waals surface area contributed by atoms with Crippen LogP contribution in [0.4, 0.5) is 5.69 Å². The van der Waals surface area contributed by atoms with Crippen molar-refractivity contribution in [1.29, 1.82) is 0 Å². The SMILES string of the molecule is Nc1cccc(/C=C/C(=O)N2CCC[C@@H]2CO)c1. The minimum atomic E-state index is -0.0472. The van der Waals surface area contributed by atoms with Crippen LogP contribution in [0.15, 0.2) is 30.3 Å². The van der Waals surface area contributed by atoms with E-state index in [1.807, 2.05) is 18.2 Å². The van der Waals surface area contributed by atoms with Crippen molar-refractivity contribution >= 4 is 17.7 Å². The molecule has 1 saturated heterocycles. The number of anilines is 1. The Labute approximate surface area is 107 Å².